The molecule has 2 rings (SSSR count). The molecule has 1 amide bonds. The molecule has 1 fully saturated rings. The second-order valence-electron chi connectivity index (χ2n) is 5.51. The highest BCUT2D eigenvalue weighted by Crippen LogP contribution is 2.19. The van der Waals surface area contributed by atoms with Crippen LogP contribution in [-0.4, -0.2) is 53.6 Å². The van der Waals surface area contributed by atoms with E-state index in [1.807, 2.05) is 20.9 Å². The van der Waals surface area contributed by atoms with Gasteiger partial charge in [-0.1, -0.05) is 0 Å². The number of aryl methyl sites for hydroxylation is 2. The number of likely N-dealkylation sites (N-methyl/N-ethyl adjacent to an activating group) is 1. The summed E-state index contributed by atoms with van der Waals surface area (Å²) >= 11 is 0. The van der Waals surface area contributed by atoms with Crippen LogP contribution in [0.25, 0.3) is 0 Å². The maximum atomic E-state index is 12.3. The van der Waals surface area contributed by atoms with Gasteiger partial charge in [-0.05, 0) is 20.3 Å². The van der Waals surface area contributed by atoms with Crippen LogP contribution in [0.4, 0.5) is 0 Å². The molecule has 0 N–H and O–H groups in total. The number of nitrogens with zero attached hydrogens (tertiary/aromatic N) is 3. The molecule has 1 atom stereocenters. The Kier molecular flexibility index (Phi) is 3.90. The number of rotatable bonds is 3. The molecule has 0 aliphatic carbocycles. The minimum atomic E-state index is -2.97. The van der Waals surface area contributed by atoms with Crippen molar-refractivity contribution in [2.45, 2.75) is 32.7 Å². The fourth-order valence-corrected chi connectivity index (χ4v) is 4.41. The summed E-state index contributed by atoms with van der Waals surface area (Å²) in [6, 6.07) is -0.190. The molecule has 2 heterocycles. The molecule has 1 aliphatic heterocycles. The maximum absolute atomic E-state index is 12.3. The summed E-state index contributed by atoms with van der Waals surface area (Å²) in [5.41, 5.74) is 2.76. The molecule has 0 radical (unpaired) electrons. The minimum absolute atomic E-state index is 0.0497. The van der Waals surface area contributed by atoms with E-state index in [0.717, 1.165) is 17.0 Å². The standard InChI is InChI=1S/C13H21N3O3S/c1-9-12(10(2)16(4)14-9)7-13(17)15(3)11-5-6-20(18,19)8-11/h11H,5-8H2,1-4H3/t11-/m0/s1. The number of aromatic nitrogens is 2. The lowest BCUT2D eigenvalue weighted by Gasteiger charge is -2.23. The molecule has 112 valence electrons. The van der Waals surface area contributed by atoms with Crippen LogP contribution >= 0.6 is 0 Å². The van der Waals surface area contributed by atoms with Crippen molar-refractivity contribution in [3.63, 3.8) is 0 Å². The molecule has 0 spiro atoms. The molecule has 0 unspecified atom stereocenters. The second kappa shape index (κ2) is 5.20. The molecule has 0 saturated carbocycles. The van der Waals surface area contributed by atoms with Crippen molar-refractivity contribution in [3.8, 4) is 0 Å². The monoisotopic (exact) mass is 299 g/mol. The average Bonchev–Trinajstić information content (AvgIpc) is 2.83. The van der Waals surface area contributed by atoms with Gasteiger partial charge in [0, 0.05) is 31.4 Å². The van der Waals surface area contributed by atoms with Gasteiger partial charge in [0.1, 0.15) is 0 Å². The van der Waals surface area contributed by atoms with Crippen molar-refractivity contribution in [2.24, 2.45) is 7.05 Å². The Labute approximate surface area is 119 Å². The van der Waals surface area contributed by atoms with Gasteiger partial charge in [0.25, 0.3) is 0 Å². The first-order valence-corrected chi connectivity index (χ1v) is 8.48. The van der Waals surface area contributed by atoms with Gasteiger partial charge in [-0.25, -0.2) is 8.42 Å². The van der Waals surface area contributed by atoms with E-state index >= 15 is 0 Å². The molecular formula is C13H21N3O3S. The van der Waals surface area contributed by atoms with Crippen LogP contribution in [0.3, 0.4) is 0 Å². The predicted octanol–water partition coefficient (Wildman–Crippen LogP) is 0.225. The Balaban J connectivity index is 2.09. The van der Waals surface area contributed by atoms with Crippen LogP contribution in [0.1, 0.15) is 23.4 Å². The van der Waals surface area contributed by atoms with Gasteiger partial charge in [-0.15, -0.1) is 0 Å². The highest BCUT2D eigenvalue weighted by molar-refractivity contribution is 7.91. The van der Waals surface area contributed by atoms with Crippen LogP contribution in [0.5, 0.6) is 0 Å². The lowest BCUT2D eigenvalue weighted by atomic mass is 10.1. The highest BCUT2D eigenvalue weighted by Gasteiger charge is 2.33. The molecule has 6 nitrogen and oxygen atoms in total. The summed E-state index contributed by atoms with van der Waals surface area (Å²) in [4.78, 5) is 13.9. The Morgan fingerprint density at radius 3 is 2.55 bits per heavy atom. The molecule has 0 bridgehead atoms. The summed E-state index contributed by atoms with van der Waals surface area (Å²) in [6.07, 6.45) is 0.814. The lowest BCUT2D eigenvalue weighted by molar-refractivity contribution is -0.130. The first-order chi connectivity index (χ1) is 9.21. The normalized spacial score (nSPS) is 21.1. The lowest BCUT2D eigenvalue weighted by Crippen LogP contribution is -2.38. The third kappa shape index (κ3) is 2.87. The van der Waals surface area contributed by atoms with Crippen molar-refractivity contribution < 1.29 is 13.2 Å². The van der Waals surface area contributed by atoms with E-state index in [1.54, 1.807) is 16.6 Å². The molecule has 7 heteroatoms. The zero-order valence-corrected chi connectivity index (χ0v) is 13.2. The van der Waals surface area contributed by atoms with Crippen molar-refractivity contribution >= 4 is 15.7 Å². The summed E-state index contributed by atoms with van der Waals surface area (Å²) in [7, 11) is 0.571. The Bertz CT molecular complexity index is 634. The molecule has 20 heavy (non-hydrogen) atoms. The number of carbonyl (C=O) groups excluding carboxylic acids is 1. The van der Waals surface area contributed by atoms with E-state index in [1.165, 1.54) is 0 Å². The van der Waals surface area contributed by atoms with Gasteiger partial charge < -0.3 is 4.90 Å². The first kappa shape index (κ1) is 15.0. The quantitative estimate of drug-likeness (QED) is 0.800. The number of sulfone groups is 1. The third-order valence-electron chi connectivity index (χ3n) is 4.14. The van der Waals surface area contributed by atoms with Crippen molar-refractivity contribution in [1.82, 2.24) is 14.7 Å². The Morgan fingerprint density at radius 2 is 2.10 bits per heavy atom. The van der Waals surface area contributed by atoms with Crippen molar-refractivity contribution in [2.75, 3.05) is 18.6 Å². The summed E-state index contributed by atoms with van der Waals surface area (Å²) in [6.45, 7) is 3.82. The van der Waals surface area contributed by atoms with Gasteiger partial charge >= 0.3 is 0 Å². The first-order valence-electron chi connectivity index (χ1n) is 6.66. The molecule has 1 aromatic rings. The number of carbonyl (C=O) groups is 1. The minimum Gasteiger partial charge on any atom is -0.341 e. The molecule has 1 aromatic heterocycles. The second-order valence-corrected chi connectivity index (χ2v) is 7.74. The van der Waals surface area contributed by atoms with Crippen LogP contribution in [0, 0.1) is 13.8 Å². The van der Waals surface area contributed by atoms with E-state index in [4.69, 9.17) is 0 Å². The third-order valence-corrected chi connectivity index (χ3v) is 5.89. The number of hydrogen-bond donors (Lipinski definition) is 0. The highest BCUT2D eigenvalue weighted by atomic mass is 32.2. The summed E-state index contributed by atoms with van der Waals surface area (Å²) in [5, 5.41) is 4.29. The van der Waals surface area contributed by atoms with E-state index in [-0.39, 0.29) is 29.9 Å². The summed E-state index contributed by atoms with van der Waals surface area (Å²) < 4.78 is 24.7. The van der Waals surface area contributed by atoms with Crippen LogP contribution < -0.4 is 0 Å². The largest absolute Gasteiger partial charge is 0.341 e. The zero-order valence-electron chi connectivity index (χ0n) is 12.4. The van der Waals surface area contributed by atoms with Crippen molar-refractivity contribution in [1.29, 1.82) is 0 Å². The molecular weight excluding hydrogens is 278 g/mol. The molecule has 1 aliphatic rings. The van der Waals surface area contributed by atoms with Gasteiger partial charge in [-0.2, -0.15) is 5.10 Å². The Morgan fingerprint density at radius 1 is 1.45 bits per heavy atom. The molecule has 0 aromatic carbocycles. The zero-order chi connectivity index (χ0) is 15.1. The van der Waals surface area contributed by atoms with Gasteiger partial charge in [0.2, 0.25) is 5.91 Å². The van der Waals surface area contributed by atoms with Gasteiger partial charge in [0.05, 0.1) is 23.6 Å². The van der Waals surface area contributed by atoms with Crippen LogP contribution in [-0.2, 0) is 28.1 Å². The van der Waals surface area contributed by atoms with Gasteiger partial charge in [-0.3, -0.25) is 9.48 Å². The molecule has 1 saturated heterocycles. The van der Waals surface area contributed by atoms with E-state index < -0.39 is 9.84 Å². The number of hydrogen-bond acceptors (Lipinski definition) is 4. The van der Waals surface area contributed by atoms with E-state index in [0.29, 0.717) is 6.42 Å². The number of amides is 1. The van der Waals surface area contributed by atoms with Crippen LogP contribution in [0.2, 0.25) is 0 Å². The van der Waals surface area contributed by atoms with E-state index in [2.05, 4.69) is 5.10 Å². The average molecular weight is 299 g/mol. The SMILES string of the molecule is Cc1nn(C)c(C)c1CC(=O)N(C)[C@H]1CCS(=O)(=O)C1. The maximum Gasteiger partial charge on any atom is 0.227 e. The van der Waals surface area contributed by atoms with E-state index in [9.17, 15) is 13.2 Å². The topological polar surface area (TPSA) is 72.3 Å². The smallest absolute Gasteiger partial charge is 0.227 e. The summed E-state index contributed by atoms with van der Waals surface area (Å²) in [5.74, 6) is 0.215. The van der Waals surface area contributed by atoms with Crippen molar-refractivity contribution in [3.05, 3.63) is 17.0 Å². The predicted molar refractivity (Wildman–Crippen MR) is 76.2 cm³/mol. The fourth-order valence-electron chi connectivity index (χ4n) is 2.63. The van der Waals surface area contributed by atoms with Crippen LogP contribution in [0.15, 0.2) is 0 Å². The fraction of sp³-hybridized carbons (Fsp3) is 0.692. The van der Waals surface area contributed by atoms with Gasteiger partial charge in [0.15, 0.2) is 9.84 Å². The Hall–Kier alpha value is -1.37.